The number of nitrogens with zero attached hydrogens (tertiary/aromatic N) is 4. The van der Waals surface area contributed by atoms with Crippen LogP contribution in [0, 0.1) is 0 Å². The summed E-state index contributed by atoms with van der Waals surface area (Å²) in [7, 11) is 1.60. The summed E-state index contributed by atoms with van der Waals surface area (Å²) in [6.07, 6.45) is -0.721. The molecular weight excluding hydrogens is 388 g/mol. The summed E-state index contributed by atoms with van der Waals surface area (Å²) in [5, 5.41) is 9.12. The number of methoxy groups -OCH3 is 1. The Morgan fingerprint density at radius 1 is 1.21 bits per heavy atom. The molecule has 148 valence electrons. The monoisotopic (exact) mass is 408 g/mol. The second kappa shape index (κ2) is 8.08. The lowest BCUT2D eigenvalue weighted by Gasteiger charge is -2.30. The van der Waals surface area contributed by atoms with Crippen LogP contribution in [0.4, 0.5) is 5.69 Å². The van der Waals surface area contributed by atoms with Gasteiger partial charge in [-0.15, -0.1) is 10.2 Å². The summed E-state index contributed by atoms with van der Waals surface area (Å²) >= 11 is 1.48. The highest BCUT2D eigenvalue weighted by molar-refractivity contribution is 7.99. The Bertz CT molecular complexity index is 1060. The van der Waals surface area contributed by atoms with E-state index in [4.69, 9.17) is 9.47 Å². The molecule has 0 N–H and O–H groups in total. The minimum atomic E-state index is -0.721. The molecule has 7 nitrogen and oxygen atoms in total. The van der Waals surface area contributed by atoms with Gasteiger partial charge in [-0.1, -0.05) is 49.0 Å². The zero-order chi connectivity index (χ0) is 20.4. The van der Waals surface area contributed by atoms with E-state index in [1.807, 2.05) is 55.5 Å². The van der Waals surface area contributed by atoms with Gasteiger partial charge in [-0.25, -0.2) is 0 Å². The normalized spacial score (nSPS) is 15.0. The van der Waals surface area contributed by atoms with Crippen molar-refractivity contribution < 1.29 is 14.3 Å². The molecule has 4 rings (SSSR count). The van der Waals surface area contributed by atoms with E-state index in [0.717, 1.165) is 16.9 Å². The fraction of sp³-hybridized carbons (Fsp3) is 0.238. The molecule has 0 fully saturated rings. The highest BCUT2D eigenvalue weighted by Crippen LogP contribution is 2.43. The van der Waals surface area contributed by atoms with Gasteiger partial charge in [-0.2, -0.15) is 4.98 Å². The molecule has 1 aliphatic heterocycles. The van der Waals surface area contributed by atoms with Crippen molar-refractivity contribution in [3.8, 4) is 22.9 Å². The topological polar surface area (TPSA) is 77.4 Å². The Kier molecular flexibility index (Phi) is 5.35. The van der Waals surface area contributed by atoms with E-state index >= 15 is 0 Å². The summed E-state index contributed by atoms with van der Waals surface area (Å²) < 4.78 is 11.7. The van der Waals surface area contributed by atoms with Crippen molar-refractivity contribution in [3.63, 3.8) is 0 Å². The summed E-state index contributed by atoms with van der Waals surface area (Å²) in [4.78, 5) is 18.9. The number of anilines is 1. The van der Waals surface area contributed by atoms with Gasteiger partial charge in [-0.05, 0) is 24.0 Å². The number of benzene rings is 2. The van der Waals surface area contributed by atoms with Gasteiger partial charge < -0.3 is 9.47 Å². The molecule has 8 heteroatoms. The van der Waals surface area contributed by atoms with Crippen LogP contribution >= 0.6 is 11.8 Å². The van der Waals surface area contributed by atoms with E-state index in [1.54, 1.807) is 12.0 Å². The van der Waals surface area contributed by atoms with Gasteiger partial charge in [0, 0.05) is 18.1 Å². The number of aromatic nitrogens is 3. The maximum absolute atomic E-state index is 12.7. The second-order valence-electron chi connectivity index (χ2n) is 6.33. The van der Waals surface area contributed by atoms with Gasteiger partial charge in [-0.3, -0.25) is 9.69 Å². The number of rotatable bonds is 4. The Balaban J connectivity index is 1.94. The summed E-state index contributed by atoms with van der Waals surface area (Å²) in [6, 6.07) is 15.0. The van der Waals surface area contributed by atoms with Crippen LogP contribution in [-0.2, 0) is 4.79 Å². The molecular formula is C21H20N4O3S. The van der Waals surface area contributed by atoms with E-state index in [-0.39, 0.29) is 5.91 Å². The number of ether oxygens (including phenoxy) is 2. The molecule has 1 unspecified atom stereocenters. The van der Waals surface area contributed by atoms with Gasteiger partial charge in [0.1, 0.15) is 5.75 Å². The van der Waals surface area contributed by atoms with Crippen LogP contribution in [0.5, 0.6) is 11.6 Å². The fourth-order valence-corrected chi connectivity index (χ4v) is 3.76. The zero-order valence-electron chi connectivity index (χ0n) is 16.3. The van der Waals surface area contributed by atoms with Crippen molar-refractivity contribution >= 4 is 23.4 Å². The van der Waals surface area contributed by atoms with Gasteiger partial charge in [0.15, 0.2) is 5.69 Å². The average molecular weight is 408 g/mol. The standard InChI is InChI=1S/C21H20N4O3S/c1-4-29-21-22-19-18(23-24-21)16-10-5-6-11-17(16)25(13(2)26)20(28-19)14-8-7-9-15(12-14)27-3/h5-12,20H,4H2,1-3H3. The van der Waals surface area contributed by atoms with E-state index < -0.39 is 6.23 Å². The zero-order valence-corrected chi connectivity index (χ0v) is 17.1. The van der Waals surface area contributed by atoms with Crippen LogP contribution in [0.15, 0.2) is 53.7 Å². The van der Waals surface area contributed by atoms with Gasteiger partial charge >= 0.3 is 0 Å². The maximum Gasteiger partial charge on any atom is 0.247 e. The highest BCUT2D eigenvalue weighted by Gasteiger charge is 2.34. The Labute approximate surface area is 173 Å². The maximum atomic E-state index is 12.7. The predicted molar refractivity (Wildman–Crippen MR) is 111 cm³/mol. The first-order chi connectivity index (χ1) is 14.1. The minimum Gasteiger partial charge on any atom is -0.497 e. The first kappa shape index (κ1) is 19.2. The molecule has 0 aliphatic carbocycles. The van der Waals surface area contributed by atoms with Gasteiger partial charge in [0.05, 0.1) is 12.8 Å². The Hall–Kier alpha value is -3.13. The number of carbonyl (C=O) groups is 1. The first-order valence-corrected chi connectivity index (χ1v) is 10.2. The smallest absolute Gasteiger partial charge is 0.247 e. The molecule has 2 aromatic carbocycles. The van der Waals surface area contributed by atoms with Crippen molar-refractivity contribution in [1.29, 1.82) is 0 Å². The van der Waals surface area contributed by atoms with Crippen LogP contribution in [0.3, 0.4) is 0 Å². The van der Waals surface area contributed by atoms with Gasteiger partial charge in [0.25, 0.3) is 0 Å². The van der Waals surface area contributed by atoms with E-state index in [0.29, 0.717) is 28.2 Å². The number of hydrogen-bond donors (Lipinski definition) is 0. The molecule has 2 heterocycles. The minimum absolute atomic E-state index is 0.158. The number of amides is 1. The van der Waals surface area contributed by atoms with E-state index in [9.17, 15) is 4.79 Å². The number of carbonyl (C=O) groups excluding carboxylic acids is 1. The third kappa shape index (κ3) is 3.63. The van der Waals surface area contributed by atoms with E-state index in [2.05, 4.69) is 15.2 Å². The Morgan fingerprint density at radius 2 is 2.03 bits per heavy atom. The number of hydrogen-bond acceptors (Lipinski definition) is 7. The predicted octanol–water partition coefficient (Wildman–Crippen LogP) is 4.10. The summed E-state index contributed by atoms with van der Waals surface area (Å²) in [6.45, 7) is 3.53. The van der Waals surface area contributed by atoms with Crippen LogP contribution in [0.1, 0.15) is 25.6 Å². The molecule has 0 bridgehead atoms. The van der Waals surface area contributed by atoms with Crippen LogP contribution in [0.25, 0.3) is 11.3 Å². The van der Waals surface area contributed by atoms with Crippen LogP contribution in [0.2, 0.25) is 0 Å². The summed E-state index contributed by atoms with van der Waals surface area (Å²) in [5.74, 6) is 1.68. The average Bonchev–Trinajstić information content (AvgIpc) is 2.88. The van der Waals surface area contributed by atoms with Gasteiger partial charge in [0.2, 0.25) is 23.2 Å². The van der Waals surface area contributed by atoms with Crippen LogP contribution < -0.4 is 14.4 Å². The molecule has 0 saturated carbocycles. The summed E-state index contributed by atoms with van der Waals surface area (Å²) in [5.41, 5.74) is 2.72. The molecule has 0 spiro atoms. The SMILES string of the molecule is CCSc1nnc2c(n1)OC(c1cccc(OC)c1)N(C(C)=O)c1ccccc1-2. The quantitative estimate of drug-likeness (QED) is 0.601. The largest absolute Gasteiger partial charge is 0.497 e. The number of thioether (sulfide) groups is 1. The molecule has 1 atom stereocenters. The number of fused-ring (bicyclic) bond motifs is 3. The second-order valence-corrected chi connectivity index (χ2v) is 7.57. The third-order valence-electron chi connectivity index (χ3n) is 4.50. The lowest BCUT2D eigenvalue weighted by Crippen LogP contribution is -2.36. The van der Waals surface area contributed by atoms with Crippen molar-refractivity contribution in [2.45, 2.75) is 25.2 Å². The lowest BCUT2D eigenvalue weighted by atomic mass is 10.1. The molecule has 29 heavy (non-hydrogen) atoms. The van der Waals surface area contributed by atoms with E-state index in [1.165, 1.54) is 18.7 Å². The number of para-hydroxylation sites is 1. The molecule has 1 aliphatic rings. The molecule has 3 aromatic rings. The molecule has 1 aromatic heterocycles. The van der Waals surface area contributed by atoms with Crippen LogP contribution in [-0.4, -0.2) is 34.0 Å². The fourth-order valence-electron chi connectivity index (χ4n) is 3.25. The molecule has 0 radical (unpaired) electrons. The molecule has 0 saturated heterocycles. The molecule has 1 amide bonds. The van der Waals surface area contributed by atoms with Crippen molar-refractivity contribution in [2.75, 3.05) is 17.8 Å². The van der Waals surface area contributed by atoms with Crippen molar-refractivity contribution in [3.05, 3.63) is 54.1 Å². The lowest BCUT2D eigenvalue weighted by molar-refractivity contribution is -0.118. The Morgan fingerprint density at radius 3 is 2.79 bits per heavy atom. The van der Waals surface area contributed by atoms with Crippen molar-refractivity contribution in [2.24, 2.45) is 0 Å². The third-order valence-corrected chi connectivity index (χ3v) is 5.22. The first-order valence-electron chi connectivity index (χ1n) is 9.19. The highest BCUT2D eigenvalue weighted by atomic mass is 32.2. The van der Waals surface area contributed by atoms with Crippen molar-refractivity contribution in [1.82, 2.24) is 15.2 Å².